The normalized spacial score (nSPS) is 19.9. The van der Waals surface area contributed by atoms with Crippen molar-refractivity contribution >= 4 is 6.09 Å². The van der Waals surface area contributed by atoms with Gasteiger partial charge in [-0.05, 0) is 45.4 Å². The van der Waals surface area contributed by atoms with Gasteiger partial charge in [0.1, 0.15) is 5.60 Å². The van der Waals surface area contributed by atoms with Crippen LogP contribution in [0.25, 0.3) is 0 Å². The monoisotopic (exact) mass is 243 g/mol. The highest BCUT2D eigenvalue weighted by Gasteiger charge is 2.37. The van der Waals surface area contributed by atoms with E-state index in [0.29, 0.717) is 5.92 Å². The Bertz CT molecular complexity index is 266. The van der Waals surface area contributed by atoms with Gasteiger partial charge in [0.25, 0.3) is 0 Å². The molecule has 0 bridgehead atoms. The molecular weight excluding hydrogens is 218 g/mol. The number of alkyl carbamates (subject to hydrolysis) is 1. The van der Waals surface area contributed by atoms with Crippen LogP contribution in [0.4, 0.5) is 4.79 Å². The molecule has 2 N–H and O–H groups in total. The summed E-state index contributed by atoms with van der Waals surface area (Å²) in [6, 6.07) is -0.225. The van der Waals surface area contributed by atoms with Crippen molar-refractivity contribution in [1.29, 1.82) is 0 Å². The Hall–Kier alpha value is -0.770. The molecule has 4 heteroatoms. The number of aliphatic hydroxyl groups is 1. The number of hydrogen-bond acceptors (Lipinski definition) is 3. The quantitative estimate of drug-likeness (QED) is 0.796. The lowest BCUT2D eigenvalue weighted by Crippen LogP contribution is -2.49. The van der Waals surface area contributed by atoms with Crippen molar-refractivity contribution < 1.29 is 14.6 Å². The fourth-order valence-electron chi connectivity index (χ4n) is 1.82. The molecule has 1 aliphatic rings. The van der Waals surface area contributed by atoms with Crippen LogP contribution in [-0.2, 0) is 4.74 Å². The van der Waals surface area contributed by atoms with E-state index in [1.807, 2.05) is 34.6 Å². The van der Waals surface area contributed by atoms with Gasteiger partial charge in [-0.15, -0.1) is 0 Å². The molecule has 100 valence electrons. The first kappa shape index (κ1) is 14.3. The minimum atomic E-state index is -0.504. The Morgan fingerprint density at radius 2 is 1.88 bits per heavy atom. The second kappa shape index (κ2) is 5.25. The maximum Gasteiger partial charge on any atom is 0.407 e. The Morgan fingerprint density at radius 3 is 2.24 bits per heavy atom. The molecule has 1 amide bonds. The molecule has 1 rings (SSSR count). The van der Waals surface area contributed by atoms with Crippen molar-refractivity contribution in [2.75, 3.05) is 0 Å². The molecule has 17 heavy (non-hydrogen) atoms. The summed E-state index contributed by atoms with van der Waals surface area (Å²) < 4.78 is 5.21. The van der Waals surface area contributed by atoms with E-state index in [-0.39, 0.29) is 12.0 Å². The number of ether oxygens (including phenoxy) is 1. The van der Waals surface area contributed by atoms with Gasteiger partial charge in [-0.1, -0.05) is 13.8 Å². The molecule has 0 heterocycles. The maximum atomic E-state index is 11.7. The fourth-order valence-corrected chi connectivity index (χ4v) is 1.82. The smallest absolute Gasteiger partial charge is 0.407 e. The topological polar surface area (TPSA) is 58.6 Å². The van der Waals surface area contributed by atoms with Crippen LogP contribution >= 0.6 is 0 Å². The van der Waals surface area contributed by atoms with Gasteiger partial charge in [0.2, 0.25) is 0 Å². The van der Waals surface area contributed by atoms with Crippen LogP contribution in [0.5, 0.6) is 0 Å². The molecule has 0 aliphatic heterocycles. The fraction of sp³-hybridized carbons (Fsp3) is 0.923. The molecule has 0 spiro atoms. The molecule has 0 aromatic carbocycles. The van der Waals surface area contributed by atoms with Crippen LogP contribution in [0.2, 0.25) is 0 Å². The summed E-state index contributed by atoms with van der Waals surface area (Å²) in [4.78, 5) is 11.7. The number of carbonyl (C=O) groups is 1. The van der Waals surface area contributed by atoms with Crippen LogP contribution < -0.4 is 5.32 Å². The summed E-state index contributed by atoms with van der Waals surface area (Å²) in [5.41, 5.74) is -0.504. The van der Waals surface area contributed by atoms with Crippen LogP contribution in [-0.4, -0.2) is 28.9 Å². The van der Waals surface area contributed by atoms with Gasteiger partial charge in [0.15, 0.2) is 0 Å². The molecule has 1 unspecified atom stereocenters. The molecule has 0 saturated heterocycles. The van der Waals surface area contributed by atoms with E-state index in [1.165, 1.54) is 0 Å². The third kappa shape index (κ3) is 4.94. The number of aliphatic hydroxyl groups excluding tert-OH is 1. The Kier molecular flexibility index (Phi) is 4.42. The number of carbonyl (C=O) groups excluding carboxylic acids is 1. The number of amides is 1. The average molecular weight is 243 g/mol. The van der Waals surface area contributed by atoms with Gasteiger partial charge < -0.3 is 15.2 Å². The highest BCUT2D eigenvalue weighted by atomic mass is 16.6. The van der Waals surface area contributed by atoms with E-state index in [2.05, 4.69) is 5.32 Å². The maximum absolute atomic E-state index is 11.7. The van der Waals surface area contributed by atoms with Crippen molar-refractivity contribution in [2.24, 2.45) is 11.8 Å². The standard InChI is InChI=1S/C13H25NO3/c1-8(2)10(11(15)9-6-7-9)14-12(16)17-13(3,4)5/h8-11,15H,6-7H2,1-5H3,(H,14,16)/t10-,11?/m1/s1. The summed E-state index contributed by atoms with van der Waals surface area (Å²) in [6.45, 7) is 9.47. The van der Waals surface area contributed by atoms with Crippen molar-refractivity contribution in [3.8, 4) is 0 Å². The first-order valence-electron chi connectivity index (χ1n) is 6.38. The average Bonchev–Trinajstić information content (AvgIpc) is 2.92. The molecule has 0 aromatic heterocycles. The van der Waals surface area contributed by atoms with E-state index in [0.717, 1.165) is 12.8 Å². The largest absolute Gasteiger partial charge is 0.444 e. The predicted octanol–water partition coefficient (Wildman–Crippen LogP) is 2.31. The highest BCUT2D eigenvalue weighted by molar-refractivity contribution is 5.68. The van der Waals surface area contributed by atoms with E-state index in [9.17, 15) is 9.90 Å². The predicted molar refractivity (Wildman–Crippen MR) is 66.7 cm³/mol. The summed E-state index contributed by atoms with van der Waals surface area (Å²) in [5.74, 6) is 0.537. The van der Waals surface area contributed by atoms with Crippen molar-refractivity contribution in [2.45, 2.75) is 65.2 Å². The van der Waals surface area contributed by atoms with Gasteiger partial charge in [0.05, 0.1) is 12.1 Å². The zero-order valence-electron chi connectivity index (χ0n) is 11.5. The van der Waals surface area contributed by atoms with E-state index in [4.69, 9.17) is 4.74 Å². The van der Waals surface area contributed by atoms with Crippen molar-refractivity contribution in [1.82, 2.24) is 5.32 Å². The lowest BCUT2D eigenvalue weighted by molar-refractivity contribution is 0.0340. The van der Waals surface area contributed by atoms with Gasteiger partial charge in [-0.3, -0.25) is 0 Å². The third-order valence-electron chi connectivity index (χ3n) is 2.87. The van der Waals surface area contributed by atoms with Gasteiger partial charge in [0, 0.05) is 0 Å². The highest BCUT2D eigenvalue weighted by Crippen LogP contribution is 2.35. The number of hydrogen-bond donors (Lipinski definition) is 2. The zero-order chi connectivity index (χ0) is 13.2. The van der Waals surface area contributed by atoms with Crippen molar-refractivity contribution in [3.05, 3.63) is 0 Å². The number of rotatable bonds is 4. The van der Waals surface area contributed by atoms with Crippen LogP contribution in [0.3, 0.4) is 0 Å². The van der Waals surface area contributed by atoms with E-state index in [1.54, 1.807) is 0 Å². The zero-order valence-corrected chi connectivity index (χ0v) is 11.5. The molecular formula is C13H25NO3. The lowest BCUT2D eigenvalue weighted by atomic mass is 9.95. The Labute approximate surface area is 104 Å². The molecule has 1 saturated carbocycles. The van der Waals surface area contributed by atoms with Gasteiger partial charge in [-0.2, -0.15) is 0 Å². The van der Waals surface area contributed by atoms with Crippen LogP contribution in [0.1, 0.15) is 47.5 Å². The summed E-state index contributed by atoms with van der Waals surface area (Å²) in [6.07, 6.45) is 1.21. The van der Waals surface area contributed by atoms with Crippen LogP contribution in [0, 0.1) is 11.8 Å². The second-order valence-electron chi connectivity index (χ2n) is 6.24. The minimum Gasteiger partial charge on any atom is -0.444 e. The third-order valence-corrected chi connectivity index (χ3v) is 2.87. The molecule has 1 aliphatic carbocycles. The van der Waals surface area contributed by atoms with E-state index >= 15 is 0 Å². The van der Waals surface area contributed by atoms with Crippen molar-refractivity contribution in [3.63, 3.8) is 0 Å². The molecule has 0 aromatic rings. The van der Waals surface area contributed by atoms with E-state index < -0.39 is 17.8 Å². The Morgan fingerprint density at radius 1 is 1.35 bits per heavy atom. The summed E-state index contributed by atoms with van der Waals surface area (Å²) in [5, 5.41) is 12.9. The van der Waals surface area contributed by atoms with Gasteiger partial charge >= 0.3 is 6.09 Å². The number of nitrogens with one attached hydrogen (secondary N) is 1. The van der Waals surface area contributed by atoms with Crippen LogP contribution in [0.15, 0.2) is 0 Å². The molecule has 1 fully saturated rings. The first-order valence-corrected chi connectivity index (χ1v) is 6.38. The second-order valence-corrected chi connectivity index (χ2v) is 6.24. The molecule has 2 atom stereocenters. The summed E-state index contributed by atoms with van der Waals surface area (Å²) in [7, 11) is 0. The molecule has 4 nitrogen and oxygen atoms in total. The minimum absolute atomic E-state index is 0.193. The summed E-state index contributed by atoms with van der Waals surface area (Å²) >= 11 is 0. The SMILES string of the molecule is CC(C)[C@@H](NC(=O)OC(C)(C)C)C(O)C1CC1. The Balaban J connectivity index is 2.51. The first-order chi connectivity index (χ1) is 7.70. The lowest BCUT2D eigenvalue weighted by Gasteiger charge is -2.29. The molecule has 0 radical (unpaired) electrons. The van der Waals surface area contributed by atoms with Gasteiger partial charge in [-0.25, -0.2) is 4.79 Å².